The molecule has 1 unspecified atom stereocenters. The summed E-state index contributed by atoms with van der Waals surface area (Å²) >= 11 is 0. The van der Waals surface area contributed by atoms with E-state index < -0.39 is 29.4 Å². The number of benzene rings is 1. The zero-order valence-electron chi connectivity index (χ0n) is 8.95. The number of hydrogen-bond acceptors (Lipinski definition) is 2. The largest absolute Gasteiger partial charge is 0.370 e. The van der Waals surface area contributed by atoms with Crippen molar-refractivity contribution < 1.29 is 18.4 Å². The highest BCUT2D eigenvalue weighted by Crippen LogP contribution is 2.22. The van der Waals surface area contributed by atoms with Crippen LogP contribution in [0.1, 0.15) is 24.3 Å². The summed E-state index contributed by atoms with van der Waals surface area (Å²) in [7, 11) is 0. The molecule has 1 aromatic carbocycles. The maximum atomic E-state index is 13.0. The van der Waals surface area contributed by atoms with Crippen molar-refractivity contribution in [2.75, 3.05) is 0 Å². The van der Waals surface area contributed by atoms with Crippen LogP contribution in [0.2, 0.25) is 0 Å². The summed E-state index contributed by atoms with van der Waals surface area (Å²) in [6.45, 7) is 0. The molecule has 4 nitrogen and oxygen atoms in total. The number of primary amides is 2. The van der Waals surface area contributed by atoms with E-state index in [1.807, 2.05) is 0 Å². The van der Waals surface area contributed by atoms with Gasteiger partial charge in [-0.3, -0.25) is 9.59 Å². The van der Waals surface area contributed by atoms with E-state index in [1.165, 1.54) is 6.07 Å². The number of rotatable bonds is 5. The first-order chi connectivity index (χ1) is 7.91. The Hall–Kier alpha value is -1.98. The predicted octanol–water partition coefficient (Wildman–Crippen LogP) is 0.799. The van der Waals surface area contributed by atoms with E-state index in [2.05, 4.69) is 0 Å². The SMILES string of the molecule is NC(=O)CCC(C(N)=O)c1ccc(F)c(F)c1. The van der Waals surface area contributed by atoms with Gasteiger partial charge < -0.3 is 11.5 Å². The van der Waals surface area contributed by atoms with Crippen LogP contribution < -0.4 is 11.5 Å². The number of halogens is 2. The molecule has 0 heterocycles. The van der Waals surface area contributed by atoms with Crippen LogP contribution in [-0.2, 0) is 9.59 Å². The second-order valence-electron chi connectivity index (χ2n) is 3.63. The molecule has 0 saturated heterocycles. The average molecular weight is 242 g/mol. The zero-order valence-corrected chi connectivity index (χ0v) is 8.95. The maximum absolute atomic E-state index is 13.0. The van der Waals surface area contributed by atoms with Crippen LogP contribution >= 0.6 is 0 Å². The highest BCUT2D eigenvalue weighted by Gasteiger charge is 2.19. The molecule has 1 atom stereocenters. The summed E-state index contributed by atoms with van der Waals surface area (Å²) in [5, 5.41) is 0. The van der Waals surface area contributed by atoms with E-state index in [0.29, 0.717) is 0 Å². The van der Waals surface area contributed by atoms with Gasteiger partial charge in [0.25, 0.3) is 0 Å². The van der Waals surface area contributed by atoms with Crippen molar-refractivity contribution in [3.8, 4) is 0 Å². The lowest BCUT2D eigenvalue weighted by Gasteiger charge is -2.12. The lowest BCUT2D eigenvalue weighted by Crippen LogP contribution is -2.23. The fraction of sp³-hybridized carbons (Fsp3) is 0.273. The van der Waals surface area contributed by atoms with Crippen molar-refractivity contribution in [3.05, 3.63) is 35.4 Å². The molecule has 0 aromatic heterocycles. The Morgan fingerprint density at radius 2 is 1.82 bits per heavy atom. The lowest BCUT2D eigenvalue weighted by atomic mass is 9.93. The Kier molecular flexibility index (Phi) is 4.14. The highest BCUT2D eigenvalue weighted by molar-refractivity contribution is 5.83. The van der Waals surface area contributed by atoms with E-state index in [-0.39, 0.29) is 18.4 Å². The van der Waals surface area contributed by atoms with Crippen LogP contribution in [0.3, 0.4) is 0 Å². The number of carbonyl (C=O) groups excluding carboxylic acids is 2. The Labute approximate surface area is 96.6 Å². The number of carbonyl (C=O) groups is 2. The van der Waals surface area contributed by atoms with Gasteiger partial charge in [0.15, 0.2) is 11.6 Å². The average Bonchev–Trinajstić information content (AvgIpc) is 2.22. The molecular weight excluding hydrogens is 230 g/mol. The van der Waals surface area contributed by atoms with Crippen LogP contribution in [0.15, 0.2) is 18.2 Å². The molecule has 0 fully saturated rings. The zero-order chi connectivity index (χ0) is 13.0. The Bertz CT molecular complexity index is 449. The van der Waals surface area contributed by atoms with E-state index in [4.69, 9.17) is 11.5 Å². The van der Waals surface area contributed by atoms with Gasteiger partial charge >= 0.3 is 0 Å². The maximum Gasteiger partial charge on any atom is 0.224 e. The van der Waals surface area contributed by atoms with Gasteiger partial charge in [0.05, 0.1) is 5.92 Å². The number of hydrogen-bond donors (Lipinski definition) is 2. The second kappa shape index (κ2) is 5.38. The lowest BCUT2D eigenvalue weighted by molar-refractivity contribution is -0.120. The van der Waals surface area contributed by atoms with Gasteiger partial charge in [0.1, 0.15) is 0 Å². The smallest absolute Gasteiger partial charge is 0.224 e. The molecule has 0 aliphatic heterocycles. The summed E-state index contributed by atoms with van der Waals surface area (Å²) < 4.78 is 25.7. The molecule has 17 heavy (non-hydrogen) atoms. The minimum atomic E-state index is -1.06. The first kappa shape index (κ1) is 13.1. The van der Waals surface area contributed by atoms with Gasteiger partial charge in [0.2, 0.25) is 11.8 Å². The van der Waals surface area contributed by atoms with Crippen molar-refractivity contribution in [2.45, 2.75) is 18.8 Å². The van der Waals surface area contributed by atoms with Crippen molar-refractivity contribution in [3.63, 3.8) is 0 Å². The van der Waals surface area contributed by atoms with Crippen molar-refractivity contribution in [1.82, 2.24) is 0 Å². The van der Waals surface area contributed by atoms with Crippen LogP contribution in [0.4, 0.5) is 8.78 Å². The normalized spacial score (nSPS) is 12.1. The first-order valence-corrected chi connectivity index (χ1v) is 4.94. The third-order valence-electron chi connectivity index (χ3n) is 2.37. The highest BCUT2D eigenvalue weighted by atomic mass is 19.2. The quantitative estimate of drug-likeness (QED) is 0.800. The molecule has 0 aliphatic carbocycles. The van der Waals surface area contributed by atoms with Gasteiger partial charge in [-0.2, -0.15) is 0 Å². The van der Waals surface area contributed by atoms with Crippen LogP contribution in [0.25, 0.3) is 0 Å². The molecular formula is C11H12F2N2O2. The van der Waals surface area contributed by atoms with Gasteiger partial charge in [-0.05, 0) is 24.1 Å². The predicted molar refractivity (Wildman–Crippen MR) is 56.7 cm³/mol. The number of nitrogens with two attached hydrogens (primary N) is 2. The Balaban J connectivity index is 2.93. The third kappa shape index (κ3) is 3.51. The van der Waals surface area contributed by atoms with Crippen LogP contribution in [0.5, 0.6) is 0 Å². The molecule has 0 radical (unpaired) electrons. The summed E-state index contributed by atoms with van der Waals surface area (Å²) in [4.78, 5) is 21.8. The van der Waals surface area contributed by atoms with Crippen molar-refractivity contribution in [1.29, 1.82) is 0 Å². The van der Waals surface area contributed by atoms with Crippen molar-refractivity contribution in [2.24, 2.45) is 11.5 Å². The van der Waals surface area contributed by atoms with Gasteiger partial charge in [-0.15, -0.1) is 0 Å². The summed E-state index contributed by atoms with van der Waals surface area (Å²) in [6, 6.07) is 3.06. The molecule has 92 valence electrons. The van der Waals surface area contributed by atoms with Crippen LogP contribution in [0, 0.1) is 11.6 Å². The minimum Gasteiger partial charge on any atom is -0.370 e. The van der Waals surface area contributed by atoms with E-state index >= 15 is 0 Å². The molecule has 0 bridgehead atoms. The summed E-state index contributed by atoms with van der Waals surface area (Å²) in [5.41, 5.74) is 10.3. The third-order valence-corrected chi connectivity index (χ3v) is 2.37. The fourth-order valence-electron chi connectivity index (χ4n) is 1.49. The summed E-state index contributed by atoms with van der Waals surface area (Å²) in [6.07, 6.45) is 0.0301. The first-order valence-electron chi connectivity index (χ1n) is 4.94. The van der Waals surface area contributed by atoms with Gasteiger partial charge in [-0.1, -0.05) is 6.07 Å². The fourth-order valence-corrected chi connectivity index (χ4v) is 1.49. The molecule has 2 amide bonds. The minimum absolute atomic E-state index is 0.0490. The Morgan fingerprint density at radius 1 is 1.18 bits per heavy atom. The van der Waals surface area contributed by atoms with E-state index in [0.717, 1.165) is 12.1 Å². The standard InChI is InChI=1S/C11H12F2N2O2/c12-8-3-1-6(5-9(8)13)7(11(15)17)2-4-10(14)16/h1,3,5,7H,2,4H2,(H2,14,16)(H2,15,17). The van der Waals surface area contributed by atoms with E-state index in [1.54, 1.807) is 0 Å². The van der Waals surface area contributed by atoms with Crippen molar-refractivity contribution >= 4 is 11.8 Å². The number of amides is 2. The molecule has 0 aliphatic rings. The molecule has 0 spiro atoms. The molecule has 4 N–H and O–H groups in total. The molecule has 6 heteroatoms. The van der Waals surface area contributed by atoms with Gasteiger partial charge in [-0.25, -0.2) is 8.78 Å². The summed E-state index contributed by atoms with van der Waals surface area (Å²) in [5.74, 6) is -4.21. The Morgan fingerprint density at radius 3 is 2.29 bits per heavy atom. The van der Waals surface area contributed by atoms with Gasteiger partial charge in [0, 0.05) is 6.42 Å². The van der Waals surface area contributed by atoms with Crippen LogP contribution in [-0.4, -0.2) is 11.8 Å². The van der Waals surface area contributed by atoms with E-state index in [9.17, 15) is 18.4 Å². The molecule has 0 saturated carbocycles. The molecule has 1 rings (SSSR count). The molecule has 1 aromatic rings. The second-order valence-corrected chi connectivity index (χ2v) is 3.63. The monoisotopic (exact) mass is 242 g/mol. The topological polar surface area (TPSA) is 86.2 Å².